The fourth-order valence-electron chi connectivity index (χ4n) is 5.43. The summed E-state index contributed by atoms with van der Waals surface area (Å²) in [5.41, 5.74) is 0.507. The molecule has 4 aliphatic carbocycles. The Morgan fingerprint density at radius 1 is 1.27 bits per heavy atom. The third-order valence-electron chi connectivity index (χ3n) is 7.59. The second kappa shape index (κ2) is 7.60. The number of amides is 2. The molecule has 0 aromatic carbocycles. The van der Waals surface area contributed by atoms with Gasteiger partial charge in [-0.25, -0.2) is 4.98 Å². The van der Waals surface area contributed by atoms with Crippen LogP contribution in [0.3, 0.4) is 0 Å². The monoisotopic (exact) mass is 412 g/mol. The minimum atomic E-state index is -0.418. The van der Waals surface area contributed by atoms with Gasteiger partial charge >= 0.3 is 7.12 Å². The average Bonchev–Trinajstić information content (AvgIpc) is 3.45. The fraction of sp³-hybridized carbons (Fsp3) is 0.714. The van der Waals surface area contributed by atoms with E-state index in [2.05, 4.69) is 34.4 Å². The second-order valence-electron chi connectivity index (χ2n) is 9.87. The van der Waals surface area contributed by atoms with Crippen LogP contribution in [-0.4, -0.2) is 53.6 Å². The molecule has 5 aliphatic rings. The van der Waals surface area contributed by atoms with Crippen LogP contribution in [0.1, 0.15) is 56.4 Å². The molecule has 2 N–H and O–H groups in total. The Labute approximate surface area is 177 Å². The maximum Gasteiger partial charge on any atom is 0.481 e. The zero-order valence-corrected chi connectivity index (χ0v) is 17.5. The number of nitrogens with one attached hydrogen (secondary N) is 2. The topological polar surface area (TPSA) is 102 Å². The minimum Gasteiger partial charge on any atom is -0.404 e. The molecule has 5 fully saturated rings. The van der Waals surface area contributed by atoms with Gasteiger partial charge in [-0.2, -0.15) is 0 Å². The molecule has 1 aromatic heterocycles. The highest BCUT2D eigenvalue weighted by molar-refractivity contribution is 6.47. The van der Waals surface area contributed by atoms with Gasteiger partial charge in [0.1, 0.15) is 5.69 Å². The summed E-state index contributed by atoms with van der Waals surface area (Å²) >= 11 is 0. The van der Waals surface area contributed by atoms with Crippen molar-refractivity contribution >= 4 is 18.9 Å². The van der Waals surface area contributed by atoms with E-state index in [9.17, 15) is 9.59 Å². The molecule has 2 amide bonds. The molecule has 2 bridgehead atoms. The molecular formula is C21H29BN4O4. The molecular weight excluding hydrogens is 383 g/mol. The van der Waals surface area contributed by atoms with Crippen LogP contribution in [0.4, 0.5) is 0 Å². The van der Waals surface area contributed by atoms with Gasteiger partial charge in [-0.3, -0.25) is 14.6 Å². The molecule has 1 aliphatic heterocycles. The molecule has 8 nitrogen and oxygen atoms in total. The van der Waals surface area contributed by atoms with E-state index >= 15 is 0 Å². The Balaban J connectivity index is 1.18. The summed E-state index contributed by atoms with van der Waals surface area (Å²) in [5.74, 6) is 1.01. The molecule has 1 saturated heterocycles. The van der Waals surface area contributed by atoms with Gasteiger partial charge in [0, 0.05) is 12.4 Å². The smallest absolute Gasteiger partial charge is 0.404 e. The third-order valence-corrected chi connectivity index (χ3v) is 7.59. The number of hydrogen-bond donors (Lipinski definition) is 2. The summed E-state index contributed by atoms with van der Waals surface area (Å²) in [6.45, 7) is 4.55. The van der Waals surface area contributed by atoms with Crippen molar-refractivity contribution < 1.29 is 18.9 Å². The van der Waals surface area contributed by atoms with Gasteiger partial charge in [-0.05, 0) is 42.4 Å². The highest BCUT2D eigenvalue weighted by Crippen LogP contribution is 2.61. The van der Waals surface area contributed by atoms with Gasteiger partial charge in [0.15, 0.2) is 0 Å². The van der Waals surface area contributed by atoms with Crippen molar-refractivity contribution in [3.8, 4) is 0 Å². The summed E-state index contributed by atoms with van der Waals surface area (Å²) in [6, 6.07) is 0. The molecule has 2 heterocycles. The maximum atomic E-state index is 12.6. The Bertz CT molecular complexity index is 818. The lowest BCUT2D eigenvalue weighted by Crippen LogP contribution is -2.59. The molecule has 1 aromatic rings. The largest absolute Gasteiger partial charge is 0.481 e. The molecule has 160 valence electrons. The van der Waals surface area contributed by atoms with Crippen molar-refractivity contribution in [3.05, 3.63) is 24.3 Å². The van der Waals surface area contributed by atoms with Crippen molar-refractivity contribution in [3.63, 3.8) is 0 Å². The van der Waals surface area contributed by atoms with Crippen LogP contribution in [0.15, 0.2) is 18.6 Å². The van der Waals surface area contributed by atoms with Crippen LogP contribution in [0.2, 0.25) is 0 Å². The van der Waals surface area contributed by atoms with Crippen LogP contribution in [-0.2, 0) is 14.1 Å². The Hall–Kier alpha value is -2.00. The van der Waals surface area contributed by atoms with Gasteiger partial charge in [0.25, 0.3) is 5.91 Å². The Morgan fingerprint density at radius 3 is 2.80 bits per heavy atom. The van der Waals surface area contributed by atoms with Gasteiger partial charge in [0.2, 0.25) is 5.91 Å². The normalized spacial score (nSPS) is 32.0. The van der Waals surface area contributed by atoms with Crippen molar-refractivity contribution in [2.24, 2.45) is 23.2 Å². The van der Waals surface area contributed by atoms with Crippen LogP contribution >= 0.6 is 0 Å². The Morgan fingerprint density at radius 2 is 2.10 bits per heavy atom. The van der Waals surface area contributed by atoms with Gasteiger partial charge in [0.05, 0.1) is 30.9 Å². The average molecular weight is 412 g/mol. The number of hydrogen-bond acceptors (Lipinski definition) is 6. The van der Waals surface area contributed by atoms with E-state index in [0.29, 0.717) is 23.2 Å². The molecule has 6 rings (SSSR count). The number of carbonyl (C=O) groups is 2. The van der Waals surface area contributed by atoms with E-state index in [0.717, 1.165) is 12.8 Å². The van der Waals surface area contributed by atoms with Crippen LogP contribution in [0, 0.1) is 23.2 Å². The predicted octanol–water partition coefficient (Wildman–Crippen LogP) is 1.37. The Kier molecular flexibility index (Phi) is 5.05. The number of rotatable bonds is 7. The summed E-state index contributed by atoms with van der Waals surface area (Å²) in [6.07, 6.45) is 10.1. The minimum absolute atomic E-state index is 0.117. The van der Waals surface area contributed by atoms with E-state index in [1.54, 1.807) is 0 Å². The quantitative estimate of drug-likeness (QED) is 0.656. The third kappa shape index (κ3) is 3.73. The molecule has 5 atom stereocenters. The number of nitrogens with zero attached hydrogens (tertiary/aromatic N) is 2. The lowest BCUT2D eigenvalue weighted by Gasteiger charge is -2.60. The first-order chi connectivity index (χ1) is 14.4. The molecule has 9 heteroatoms. The van der Waals surface area contributed by atoms with Crippen molar-refractivity contribution in [2.45, 2.75) is 64.1 Å². The molecule has 0 radical (unpaired) electrons. The first-order valence-electron chi connectivity index (χ1n) is 11.1. The van der Waals surface area contributed by atoms with E-state index in [-0.39, 0.29) is 36.3 Å². The number of aromatic nitrogens is 2. The number of carbonyl (C=O) groups excluding carboxylic acids is 2. The molecule has 4 saturated carbocycles. The van der Waals surface area contributed by atoms with Gasteiger partial charge in [-0.1, -0.05) is 26.7 Å². The van der Waals surface area contributed by atoms with E-state index < -0.39 is 13.0 Å². The highest BCUT2D eigenvalue weighted by atomic mass is 16.7. The van der Waals surface area contributed by atoms with Crippen LogP contribution < -0.4 is 10.6 Å². The lowest BCUT2D eigenvalue weighted by molar-refractivity contribution is -0.150. The maximum absolute atomic E-state index is 12.6. The predicted molar refractivity (Wildman–Crippen MR) is 109 cm³/mol. The van der Waals surface area contributed by atoms with Gasteiger partial charge < -0.3 is 19.9 Å². The summed E-state index contributed by atoms with van der Waals surface area (Å²) in [7, 11) is -0.407. The summed E-state index contributed by atoms with van der Waals surface area (Å²) in [5, 5.41) is 5.66. The summed E-state index contributed by atoms with van der Waals surface area (Å²) in [4.78, 5) is 32.5. The van der Waals surface area contributed by atoms with E-state index in [1.807, 2.05) is 0 Å². The second-order valence-corrected chi connectivity index (χ2v) is 9.87. The zero-order chi connectivity index (χ0) is 20.9. The standard InChI is InChI=1S/C21H29BN4O4/c1-21(2)13-8-14(21)19-16(9-13)29-22(30-19)17(7-12-3-4-12)26-18(27)11-25-20(28)15-10-23-5-6-24-15/h5-6,10,12-14,16-17,19H,3-4,7-9,11H2,1-2H3,(H,25,28)(H,26,27). The lowest BCUT2D eigenvalue weighted by atomic mass is 9.47. The van der Waals surface area contributed by atoms with Crippen molar-refractivity contribution in [1.29, 1.82) is 0 Å². The van der Waals surface area contributed by atoms with Crippen molar-refractivity contribution in [2.75, 3.05) is 6.54 Å². The molecule has 5 unspecified atom stereocenters. The highest BCUT2D eigenvalue weighted by Gasteiger charge is 2.62. The first-order valence-corrected chi connectivity index (χ1v) is 11.1. The van der Waals surface area contributed by atoms with Gasteiger partial charge in [-0.15, -0.1) is 0 Å². The fourth-order valence-corrected chi connectivity index (χ4v) is 5.43. The first kappa shape index (κ1) is 19.9. The SMILES string of the molecule is CC1(C)C2CC3OB(C(CC4CC4)NC(=O)CNC(=O)c4cnccn4)OC3C1C2. The summed E-state index contributed by atoms with van der Waals surface area (Å²) < 4.78 is 12.7. The van der Waals surface area contributed by atoms with E-state index in [1.165, 1.54) is 37.9 Å². The molecule has 0 spiro atoms. The van der Waals surface area contributed by atoms with Crippen molar-refractivity contribution in [1.82, 2.24) is 20.6 Å². The van der Waals surface area contributed by atoms with Crippen LogP contribution in [0.25, 0.3) is 0 Å². The molecule has 30 heavy (non-hydrogen) atoms. The zero-order valence-electron chi connectivity index (χ0n) is 17.5. The van der Waals surface area contributed by atoms with E-state index in [4.69, 9.17) is 9.31 Å². The van der Waals surface area contributed by atoms with Crippen LogP contribution in [0.5, 0.6) is 0 Å².